The molecular formula is C20H33IN6O2. The van der Waals surface area contributed by atoms with E-state index in [0.717, 1.165) is 41.9 Å². The van der Waals surface area contributed by atoms with Gasteiger partial charge in [-0.05, 0) is 31.9 Å². The van der Waals surface area contributed by atoms with Crippen LogP contribution in [-0.2, 0) is 18.3 Å². The number of nitrogens with zero attached hydrogens (tertiary/aromatic N) is 5. The second-order valence-corrected chi connectivity index (χ2v) is 6.67. The average molecular weight is 516 g/mol. The minimum absolute atomic E-state index is 0. The molecule has 8 nitrogen and oxygen atoms in total. The Bertz CT molecular complexity index is 765. The molecule has 0 aliphatic rings. The Labute approximate surface area is 190 Å². The number of nitrogens with one attached hydrogen (secondary N) is 1. The summed E-state index contributed by atoms with van der Waals surface area (Å²) < 4.78 is 13.0. The second kappa shape index (κ2) is 13.4. The molecule has 29 heavy (non-hydrogen) atoms. The number of halogens is 1. The summed E-state index contributed by atoms with van der Waals surface area (Å²) in [7, 11) is 5.66. The van der Waals surface area contributed by atoms with Crippen LogP contribution < -0.4 is 10.1 Å². The van der Waals surface area contributed by atoms with Gasteiger partial charge in [0.2, 0.25) is 0 Å². The fourth-order valence-corrected chi connectivity index (χ4v) is 2.58. The normalized spacial score (nSPS) is 11.1. The molecule has 1 heterocycles. The Morgan fingerprint density at radius 2 is 1.97 bits per heavy atom. The lowest BCUT2D eigenvalue weighted by atomic mass is 10.2. The van der Waals surface area contributed by atoms with Crippen LogP contribution in [0.15, 0.2) is 29.3 Å². The van der Waals surface area contributed by atoms with E-state index in [1.165, 1.54) is 0 Å². The van der Waals surface area contributed by atoms with E-state index in [9.17, 15) is 0 Å². The summed E-state index contributed by atoms with van der Waals surface area (Å²) in [6.07, 6.45) is 0.909. The van der Waals surface area contributed by atoms with Crippen molar-refractivity contribution in [2.45, 2.75) is 26.8 Å². The molecular weight excluding hydrogens is 483 g/mol. The number of aromatic nitrogens is 3. The molecule has 1 aromatic carbocycles. The number of aryl methyl sites for hydroxylation is 2. The lowest BCUT2D eigenvalue weighted by molar-refractivity contribution is 0.195. The van der Waals surface area contributed by atoms with Crippen LogP contribution in [0.1, 0.15) is 23.6 Å². The molecule has 9 heteroatoms. The molecule has 0 fully saturated rings. The Morgan fingerprint density at radius 1 is 1.21 bits per heavy atom. The molecule has 162 valence electrons. The van der Waals surface area contributed by atoms with Crippen LogP contribution in [0.5, 0.6) is 5.75 Å². The number of guanidine groups is 1. The van der Waals surface area contributed by atoms with Crippen LogP contribution in [0.3, 0.4) is 0 Å². The van der Waals surface area contributed by atoms with E-state index in [2.05, 4.69) is 20.4 Å². The van der Waals surface area contributed by atoms with Crippen molar-refractivity contribution in [3.8, 4) is 5.75 Å². The highest BCUT2D eigenvalue weighted by molar-refractivity contribution is 14.0. The number of methoxy groups -OCH3 is 1. The molecule has 2 aromatic rings. The van der Waals surface area contributed by atoms with Gasteiger partial charge in [0.25, 0.3) is 0 Å². The number of rotatable bonds is 10. The van der Waals surface area contributed by atoms with E-state index in [4.69, 9.17) is 14.5 Å². The Hall–Kier alpha value is -1.88. The van der Waals surface area contributed by atoms with E-state index >= 15 is 0 Å². The SMILES string of the molecule is COCCCNC(=NCc1nnc(C)n1C)N(C)CCOc1ccccc1C.I. The molecule has 0 saturated heterocycles. The molecule has 0 unspecified atom stereocenters. The van der Waals surface area contributed by atoms with Crippen molar-refractivity contribution in [1.29, 1.82) is 0 Å². The molecule has 0 radical (unpaired) electrons. The standard InChI is InChI=1S/C20H32N6O2.HI/c1-16-9-6-7-10-18(16)28-14-12-25(3)20(21-11-8-13-27-5)22-15-19-24-23-17(2)26(19)4;/h6-7,9-10H,8,11-15H2,1-5H3,(H,21,22);1H. The van der Waals surface area contributed by atoms with Gasteiger partial charge in [-0.1, -0.05) is 18.2 Å². The summed E-state index contributed by atoms with van der Waals surface area (Å²) in [5.74, 6) is 3.43. The molecule has 0 atom stereocenters. The van der Waals surface area contributed by atoms with Gasteiger partial charge in [0.15, 0.2) is 11.8 Å². The van der Waals surface area contributed by atoms with Crippen LogP contribution in [-0.4, -0.2) is 66.1 Å². The van der Waals surface area contributed by atoms with Crippen molar-refractivity contribution in [1.82, 2.24) is 25.0 Å². The molecule has 1 N–H and O–H groups in total. The molecule has 0 bridgehead atoms. The summed E-state index contributed by atoms with van der Waals surface area (Å²) in [6.45, 7) is 7.22. The van der Waals surface area contributed by atoms with Crippen LogP contribution in [0.4, 0.5) is 0 Å². The van der Waals surface area contributed by atoms with E-state index in [1.807, 2.05) is 56.8 Å². The third-order valence-electron chi connectivity index (χ3n) is 4.50. The van der Waals surface area contributed by atoms with Gasteiger partial charge in [-0.25, -0.2) is 4.99 Å². The van der Waals surface area contributed by atoms with Crippen LogP contribution in [0, 0.1) is 13.8 Å². The van der Waals surface area contributed by atoms with Crippen LogP contribution >= 0.6 is 24.0 Å². The largest absolute Gasteiger partial charge is 0.491 e. The number of aliphatic imine (C=N–C) groups is 1. The first-order chi connectivity index (χ1) is 13.5. The smallest absolute Gasteiger partial charge is 0.194 e. The summed E-state index contributed by atoms with van der Waals surface area (Å²) in [4.78, 5) is 6.78. The maximum atomic E-state index is 5.91. The molecule has 0 spiro atoms. The van der Waals surface area contributed by atoms with Gasteiger partial charge < -0.3 is 24.3 Å². The number of likely N-dealkylation sites (N-methyl/N-ethyl adjacent to an activating group) is 1. The predicted octanol–water partition coefficient (Wildman–Crippen LogP) is 2.54. The third-order valence-corrected chi connectivity index (χ3v) is 4.50. The van der Waals surface area contributed by atoms with Gasteiger partial charge in [-0.2, -0.15) is 0 Å². The van der Waals surface area contributed by atoms with Gasteiger partial charge in [0, 0.05) is 34.4 Å². The summed E-state index contributed by atoms with van der Waals surface area (Å²) in [5, 5.41) is 11.7. The number of benzene rings is 1. The molecule has 0 amide bonds. The maximum absolute atomic E-state index is 5.91. The van der Waals surface area contributed by atoms with E-state index in [0.29, 0.717) is 26.3 Å². The second-order valence-electron chi connectivity index (χ2n) is 6.67. The lowest BCUT2D eigenvalue weighted by Crippen LogP contribution is -2.41. The van der Waals surface area contributed by atoms with Crippen molar-refractivity contribution in [3.63, 3.8) is 0 Å². The summed E-state index contributed by atoms with van der Waals surface area (Å²) >= 11 is 0. The zero-order valence-corrected chi connectivity index (χ0v) is 20.3. The minimum Gasteiger partial charge on any atom is -0.491 e. The van der Waals surface area contributed by atoms with Gasteiger partial charge in [-0.15, -0.1) is 34.2 Å². The number of para-hydroxylation sites is 1. The zero-order valence-electron chi connectivity index (χ0n) is 18.0. The minimum atomic E-state index is 0. The predicted molar refractivity (Wildman–Crippen MR) is 126 cm³/mol. The Balaban J connectivity index is 0.00000420. The lowest BCUT2D eigenvalue weighted by Gasteiger charge is -2.23. The summed E-state index contributed by atoms with van der Waals surface area (Å²) in [6, 6.07) is 8.03. The number of hydrogen-bond donors (Lipinski definition) is 1. The molecule has 0 aliphatic heterocycles. The third kappa shape index (κ3) is 8.17. The molecule has 0 aliphatic carbocycles. The van der Waals surface area contributed by atoms with E-state index in [1.54, 1.807) is 7.11 Å². The van der Waals surface area contributed by atoms with Crippen LogP contribution in [0.25, 0.3) is 0 Å². The van der Waals surface area contributed by atoms with Gasteiger partial charge in [0.1, 0.15) is 24.7 Å². The van der Waals surface area contributed by atoms with Crippen molar-refractivity contribution in [2.75, 3.05) is 40.5 Å². The van der Waals surface area contributed by atoms with Crippen molar-refractivity contribution in [3.05, 3.63) is 41.5 Å². The first-order valence-electron chi connectivity index (χ1n) is 9.54. The quantitative estimate of drug-likeness (QED) is 0.227. The van der Waals surface area contributed by atoms with Gasteiger partial charge in [-0.3, -0.25) is 0 Å². The Kier molecular flexibility index (Phi) is 11.6. The maximum Gasteiger partial charge on any atom is 0.194 e. The summed E-state index contributed by atoms with van der Waals surface area (Å²) in [5.41, 5.74) is 1.13. The van der Waals surface area contributed by atoms with Crippen molar-refractivity contribution >= 4 is 29.9 Å². The fraction of sp³-hybridized carbons (Fsp3) is 0.550. The molecule has 1 aromatic heterocycles. The highest BCUT2D eigenvalue weighted by Gasteiger charge is 2.09. The first kappa shape index (κ1) is 25.2. The molecule has 0 saturated carbocycles. The van der Waals surface area contributed by atoms with E-state index in [-0.39, 0.29) is 24.0 Å². The number of hydrogen-bond acceptors (Lipinski definition) is 5. The van der Waals surface area contributed by atoms with Crippen molar-refractivity contribution in [2.24, 2.45) is 12.0 Å². The highest BCUT2D eigenvalue weighted by atomic mass is 127. The zero-order chi connectivity index (χ0) is 20.4. The van der Waals surface area contributed by atoms with Gasteiger partial charge >= 0.3 is 0 Å². The number of ether oxygens (including phenoxy) is 2. The fourth-order valence-electron chi connectivity index (χ4n) is 2.58. The van der Waals surface area contributed by atoms with Crippen LogP contribution in [0.2, 0.25) is 0 Å². The van der Waals surface area contributed by atoms with Crippen molar-refractivity contribution < 1.29 is 9.47 Å². The highest BCUT2D eigenvalue weighted by Crippen LogP contribution is 2.15. The first-order valence-corrected chi connectivity index (χ1v) is 9.54. The van der Waals surface area contributed by atoms with E-state index < -0.39 is 0 Å². The monoisotopic (exact) mass is 516 g/mol. The Morgan fingerprint density at radius 3 is 2.62 bits per heavy atom. The topological polar surface area (TPSA) is 76.8 Å². The average Bonchev–Trinajstić information content (AvgIpc) is 3.01. The van der Waals surface area contributed by atoms with Gasteiger partial charge in [0.05, 0.1) is 6.54 Å². The molecule has 2 rings (SSSR count).